The predicted molar refractivity (Wildman–Crippen MR) is 69.7 cm³/mol. The number of aryl methyl sites for hydroxylation is 1. The lowest BCUT2D eigenvalue weighted by Gasteiger charge is -2.10. The lowest BCUT2D eigenvalue weighted by atomic mass is 10.2. The summed E-state index contributed by atoms with van der Waals surface area (Å²) in [7, 11) is 1.27. The molecular formula is C11H11ClF3NO4S. The Bertz CT molecular complexity index is 631. The molecule has 0 radical (unpaired) electrons. The van der Waals surface area contributed by atoms with Gasteiger partial charge in [0.1, 0.15) is 13.2 Å². The van der Waals surface area contributed by atoms with Crippen LogP contribution < -0.4 is 5.32 Å². The lowest BCUT2D eigenvalue weighted by Crippen LogP contribution is -2.24. The molecule has 21 heavy (non-hydrogen) atoms. The van der Waals surface area contributed by atoms with E-state index in [1.165, 1.54) is 25.1 Å². The standard InChI is InChI=1S/C11H11ClF3NO4S/c1-7-4-8(21(12,18)19)2-3-9(7)16-10(17)5-20-6-11(13,14)15/h2-4H,5-6H2,1H3,(H,16,17). The summed E-state index contributed by atoms with van der Waals surface area (Å²) in [4.78, 5) is 11.2. The van der Waals surface area contributed by atoms with Gasteiger partial charge in [-0.3, -0.25) is 4.79 Å². The van der Waals surface area contributed by atoms with Gasteiger partial charge >= 0.3 is 6.18 Å². The van der Waals surface area contributed by atoms with Gasteiger partial charge in [0.15, 0.2) is 0 Å². The molecule has 0 aliphatic rings. The second-order valence-electron chi connectivity index (χ2n) is 4.07. The number of alkyl halides is 3. The molecule has 0 atom stereocenters. The topological polar surface area (TPSA) is 72.5 Å². The van der Waals surface area contributed by atoms with Crippen LogP contribution in [0.2, 0.25) is 0 Å². The zero-order chi connectivity index (χ0) is 16.3. The fourth-order valence-electron chi connectivity index (χ4n) is 1.37. The summed E-state index contributed by atoms with van der Waals surface area (Å²) in [5.74, 6) is -0.788. The Labute approximate surface area is 123 Å². The summed E-state index contributed by atoms with van der Waals surface area (Å²) >= 11 is 0. The number of anilines is 1. The van der Waals surface area contributed by atoms with E-state index in [1.54, 1.807) is 0 Å². The van der Waals surface area contributed by atoms with Gasteiger partial charge in [0.05, 0.1) is 4.90 Å². The first-order chi connectivity index (χ1) is 9.49. The molecule has 0 fully saturated rings. The zero-order valence-corrected chi connectivity index (χ0v) is 12.3. The lowest BCUT2D eigenvalue weighted by molar-refractivity contribution is -0.174. The summed E-state index contributed by atoms with van der Waals surface area (Å²) in [5, 5.41) is 2.31. The molecule has 0 unspecified atom stereocenters. The molecule has 0 heterocycles. The number of halogens is 4. The Kier molecular flexibility index (Phi) is 5.60. The molecule has 10 heteroatoms. The summed E-state index contributed by atoms with van der Waals surface area (Å²) < 4.78 is 61.9. The van der Waals surface area contributed by atoms with Crippen molar-refractivity contribution in [2.24, 2.45) is 0 Å². The van der Waals surface area contributed by atoms with E-state index in [4.69, 9.17) is 10.7 Å². The summed E-state index contributed by atoms with van der Waals surface area (Å²) in [6.45, 7) is -0.783. The van der Waals surface area contributed by atoms with Crippen LogP contribution in [0, 0.1) is 6.92 Å². The van der Waals surface area contributed by atoms with Gasteiger partial charge in [0.2, 0.25) is 5.91 Å². The van der Waals surface area contributed by atoms with Crippen molar-refractivity contribution in [3.05, 3.63) is 23.8 Å². The van der Waals surface area contributed by atoms with E-state index < -0.39 is 34.3 Å². The van der Waals surface area contributed by atoms with Crippen molar-refractivity contribution in [2.75, 3.05) is 18.5 Å². The molecule has 1 aromatic carbocycles. The van der Waals surface area contributed by atoms with Gasteiger partial charge in [-0.15, -0.1) is 0 Å². The van der Waals surface area contributed by atoms with E-state index in [0.29, 0.717) is 5.56 Å². The molecule has 5 nitrogen and oxygen atoms in total. The number of nitrogens with one attached hydrogen (secondary N) is 1. The number of rotatable bonds is 5. The molecule has 1 amide bonds. The summed E-state index contributed by atoms with van der Waals surface area (Å²) in [6.07, 6.45) is -4.51. The largest absolute Gasteiger partial charge is 0.411 e. The van der Waals surface area contributed by atoms with Crippen molar-refractivity contribution in [3.8, 4) is 0 Å². The Morgan fingerprint density at radius 3 is 2.48 bits per heavy atom. The number of carbonyl (C=O) groups is 1. The highest BCUT2D eigenvalue weighted by atomic mass is 35.7. The van der Waals surface area contributed by atoms with Gasteiger partial charge < -0.3 is 10.1 Å². The van der Waals surface area contributed by atoms with Gasteiger partial charge in [-0.05, 0) is 30.7 Å². The molecule has 118 valence electrons. The third kappa shape index (κ3) is 6.32. The number of benzene rings is 1. The van der Waals surface area contributed by atoms with Crippen LogP contribution in [0.25, 0.3) is 0 Å². The molecule has 0 aliphatic heterocycles. The van der Waals surface area contributed by atoms with Crippen LogP contribution in [-0.4, -0.2) is 33.7 Å². The van der Waals surface area contributed by atoms with Crippen LogP contribution in [0.1, 0.15) is 5.56 Å². The van der Waals surface area contributed by atoms with Crippen LogP contribution in [-0.2, 0) is 18.6 Å². The molecule has 0 saturated heterocycles. The molecule has 0 spiro atoms. The maximum atomic E-state index is 11.8. The third-order valence-electron chi connectivity index (χ3n) is 2.25. The van der Waals surface area contributed by atoms with E-state index in [-0.39, 0.29) is 10.6 Å². The Balaban J connectivity index is 2.65. The maximum absolute atomic E-state index is 11.8. The second kappa shape index (κ2) is 6.63. The Morgan fingerprint density at radius 2 is 2.00 bits per heavy atom. The highest BCUT2D eigenvalue weighted by Crippen LogP contribution is 2.22. The van der Waals surface area contributed by atoms with Crippen LogP contribution in [0.4, 0.5) is 18.9 Å². The number of hydrogen-bond donors (Lipinski definition) is 1. The SMILES string of the molecule is Cc1cc(S(=O)(=O)Cl)ccc1NC(=O)COCC(F)(F)F. The van der Waals surface area contributed by atoms with Crippen LogP contribution >= 0.6 is 10.7 Å². The van der Waals surface area contributed by atoms with Crippen molar-refractivity contribution in [2.45, 2.75) is 18.0 Å². The van der Waals surface area contributed by atoms with E-state index in [2.05, 4.69) is 10.1 Å². The summed E-state index contributed by atoms with van der Waals surface area (Å²) in [5.41, 5.74) is 0.639. The van der Waals surface area contributed by atoms with Crippen LogP contribution in [0.15, 0.2) is 23.1 Å². The Morgan fingerprint density at radius 1 is 1.38 bits per heavy atom. The normalized spacial score (nSPS) is 12.2. The van der Waals surface area contributed by atoms with Crippen LogP contribution in [0.5, 0.6) is 0 Å². The van der Waals surface area contributed by atoms with Gasteiger partial charge in [-0.1, -0.05) is 0 Å². The number of amides is 1. The number of hydrogen-bond acceptors (Lipinski definition) is 4. The molecule has 0 aromatic heterocycles. The first-order valence-corrected chi connectivity index (χ1v) is 7.79. The van der Waals surface area contributed by atoms with Gasteiger partial charge in [-0.25, -0.2) is 8.42 Å². The molecule has 1 N–H and O–H groups in total. The van der Waals surface area contributed by atoms with Crippen molar-refractivity contribution < 1.29 is 31.1 Å². The smallest absolute Gasteiger partial charge is 0.362 e. The quantitative estimate of drug-likeness (QED) is 0.832. The van der Waals surface area contributed by atoms with E-state index in [1.807, 2.05) is 0 Å². The minimum absolute atomic E-state index is 0.145. The second-order valence-corrected chi connectivity index (χ2v) is 6.64. The van der Waals surface area contributed by atoms with E-state index in [0.717, 1.165) is 0 Å². The fraction of sp³-hybridized carbons (Fsp3) is 0.364. The minimum atomic E-state index is -4.51. The fourth-order valence-corrected chi connectivity index (χ4v) is 2.21. The summed E-state index contributed by atoms with van der Waals surface area (Å²) in [6, 6.07) is 3.68. The molecule has 0 bridgehead atoms. The van der Waals surface area contributed by atoms with Crippen molar-refractivity contribution >= 4 is 31.3 Å². The zero-order valence-electron chi connectivity index (χ0n) is 10.7. The molecular weight excluding hydrogens is 335 g/mol. The van der Waals surface area contributed by atoms with Gasteiger partial charge in [0.25, 0.3) is 9.05 Å². The Hall–Kier alpha value is -1.32. The predicted octanol–water partition coefficient (Wildman–Crippen LogP) is 2.44. The van der Waals surface area contributed by atoms with E-state index >= 15 is 0 Å². The van der Waals surface area contributed by atoms with Gasteiger partial charge in [0, 0.05) is 16.4 Å². The van der Waals surface area contributed by atoms with Crippen molar-refractivity contribution in [3.63, 3.8) is 0 Å². The monoisotopic (exact) mass is 345 g/mol. The first kappa shape index (κ1) is 17.7. The molecule has 0 aliphatic carbocycles. The number of ether oxygens (including phenoxy) is 1. The van der Waals surface area contributed by atoms with Gasteiger partial charge in [-0.2, -0.15) is 13.2 Å². The van der Waals surface area contributed by atoms with E-state index in [9.17, 15) is 26.4 Å². The maximum Gasteiger partial charge on any atom is 0.411 e. The van der Waals surface area contributed by atoms with Crippen molar-refractivity contribution in [1.82, 2.24) is 0 Å². The first-order valence-electron chi connectivity index (χ1n) is 5.49. The molecule has 0 saturated carbocycles. The van der Waals surface area contributed by atoms with Crippen LogP contribution in [0.3, 0.4) is 0 Å². The minimum Gasteiger partial charge on any atom is -0.362 e. The number of carbonyl (C=O) groups excluding carboxylic acids is 1. The highest BCUT2D eigenvalue weighted by Gasteiger charge is 2.27. The average molecular weight is 346 g/mol. The molecule has 1 aromatic rings. The highest BCUT2D eigenvalue weighted by molar-refractivity contribution is 8.13. The third-order valence-corrected chi connectivity index (χ3v) is 3.60. The average Bonchev–Trinajstić information content (AvgIpc) is 2.28. The molecule has 1 rings (SSSR count). The van der Waals surface area contributed by atoms with Crippen molar-refractivity contribution in [1.29, 1.82) is 0 Å².